The molecule has 5 nitrogen and oxygen atoms in total. The van der Waals surface area contributed by atoms with E-state index in [2.05, 4.69) is 17.4 Å². The molecule has 2 atom stereocenters. The number of amides is 1. The van der Waals surface area contributed by atoms with Crippen molar-refractivity contribution in [1.82, 2.24) is 10.2 Å². The predicted octanol–water partition coefficient (Wildman–Crippen LogP) is 1.39. The molecule has 0 bridgehead atoms. The van der Waals surface area contributed by atoms with Crippen LogP contribution in [0, 0.1) is 0 Å². The van der Waals surface area contributed by atoms with E-state index in [9.17, 15) is 4.79 Å². The fourth-order valence-electron chi connectivity index (χ4n) is 2.84. The van der Waals surface area contributed by atoms with Crippen molar-refractivity contribution < 1.29 is 14.3 Å². The lowest BCUT2D eigenvalue weighted by Gasteiger charge is -2.34. The fraction of sp³-hybridized carbons (Fsp3) is 0.562. The molecule has 2 aliphatic heterocycles. The van der Waals surface area contributed by atoms with Crippen LogP contribution in [0.1, 0.15) is 18.1 Å². The highest BCUT2D eigenvalue weighted by Gasteiger charge is 2.27. The Morgan fingerprint density at radius 3 is 2.82 bits per heavy atom. The Bertz CT molecular complexity index is 466. The molecule has 3 rings (SSSR count). The minimum atomic E-state index is -0.0144. The van der Waals surface area contributed by atoms with Gasteiger partial charge in [0.1, 0.15) is 6.10 Å². The Hall–Kier alpha value is -1.14. The first-order valence-corrected chi connectivity index (χ1v) is 7.58. The van der Waals surface area contributed by atoms with Gasteiger partial charge in [0.25, 0.3) is 0 Å². The molecule has 0 spiro atoms. The molecule has 2 fully saturated rings. The predicted molar refractivity (Wildman–Crippen MR) is 86.2 cm³/mol. The molecular formula is C16H23ClN2O3. The van der Waals surface area contributed by atoms with Gasteiger partial charge < -0.3 is 19.7 Å². The van der Waals surface area contributed by atoms with E-state index >= 15 is 0 Å². The zero-order valence-corrected chi connectivity index (χ0v) is 13.4. The molecule has 0 aromatic heterocycles. The van der Waals surface area contributed by atoms with Crippen LogP contribution < -0.4 is 5.32 Å². The molecule has 2 saturated heterocycles. The Kier molecular flexibility index (Phi) is 6.64. The molecule has 2 unspecified atom stereocenters. The highest BCUT2D eigenvalue weighted by Crippen LogP contribution is 2.22. The molecular weight excluding hydrogens is 304 g/mol. The number of rotatable bonds is 3. The number of nitrogens with zero attached hydrogens (tertiary/aromatic N) is 1. The summed E-state index contributed by atoms with van der Waals surface area (Å²) in [4.78, 5) is 14.3. The zero-order chi connectivity index (χ0) is 14.5. The molecule has 1 N–H and O–H groups in total. The summed E-state index contributed by atoms with van der Waals surface area (Å²) in [7, 11) is 0. The molecule has 22 heavy (non-hydrogen) atoms. The van der Waals surface area contributed by atoms with E-state index in [4.69, 9.17) is 9.47 Å². The fourth-order valence-corrected chi connectivity index (χ4v) is 2.84. The van der Waals surface area contributed by atoms with Crippen molar-refractivity contribution in [3.63, 3.8) is 0 Å². The van der Waals surface area contributed by atoms with Gasteiger partial charge in [0.05, 0.1) is 26.4 Å². The van der Waals surface area contributed by atoms with Gasteiger partial charge in [-0.3, -0.25) is 4.79 Å². The topological polar surface area (TPSA) is 50.8 Å². The number of ether oxygens (including phenoxy) is 2. The maximum Gasteiger partial charge on any atom is 0.224 e. The number of hydrogen-bond donors (Lipinski definition) is 1. The van der Waals surface area contributed by atoms with Gasteiger partial charge in [-0.25, -0.2) is 0 Å². The van der Waals surface area contributed by atoms with Crippen molar-refractivity contribution in [1.29, 1.82) is 0 Å². The third kappa shape index (κ3) is 4.43. The van der Waals surface area contributed by atoms with Crippen LogP contribution in [0.5, 0.6) is 0 Å². The first-order valence-electron chi connectivity index (χ1n) is 7.58. The normalized spacial score (nSPS) is 25.4. The van der Waals surface area contributed by atoms with Crippen LogP contribution in [0.25, 0.3) is 0 Å². The number of morpholine rings is 2. The molecule has 1 aromatic rings. The molecule has 6 heteroatoms. The third-order valence-electron chi connectivity index (χ3n) is 4.01. The van der Waals surface area contributed by atoms with E-state index in [-0.39, 0.29) is 30.5 Å². The largest absolute Gasteiger partial charge is 0.378 e. The highest BCUT2D eigenvalue weighted by molar-refractivity contribution is 5.85. The SMILES string of the molecule is Cl.O=C(CC1COCCN1)N1CCOC(c2ccccc2)C1. The summed E-state index contributed by atoms with van der Waals surface area (Å²) in [5.41, 5.74) is 1.13. The average Bonchev–Trinajstić information content (AvgIpc) is 2.57. The summed E-state index contributed by atoms with van der Waals surface area (Å²) < 4.78 is 11.2. The lowest BCUT2D eigenvalue weighted by molar-refractivity contribution is -0.140. The lowest BCUT2D eigenvalue weighted by Crippen LogP contribution is -2.48. The maximum atomic E-state index is 12.4. The van der Waals surface area contributed by atoms with Crippen molar-refractivity contribution in [3.8, 4) is 0 Å². The van der Waals surface area contributed by atoms with E-state index in [1.165, 1.54) is 0 Å². The van der Waals surface area contributed by atoms with Crippen LogP contribution in [0.15, 0.2) is 30.3 Å². The molecule has 0 saturated carbocycles. The summed E-state index contributed by atoms with van der Waals surface area (Å²) in [5.74, 6) is 0.183. The molecule has 0 radical (unpaired) electrons. The van der Waals surface area contributed by atoms with Crippen LogP contribution in [-0.2, 0) is 14.3 Å². The van der Waals surface area contributed by atoms with Crippen LogP contribution in [0.2, 0.25) is 0 Å². The van der Waals surface area contributed by atoms with Gasteiger partial charge in [0.15, 0.2) is 0 Å². The average molecular weight is 327 g/mol. The summed E-state index contributed by atoms with van der Waals surface area (Å²) >= 11 is 0. The lowest BCUT2D eigenvalue weighted by atomic mass is 10.1. The molecule has 122 valence electrons. The van der Waals surface area contributed by atoms with Gasteiger partial charge >= 0.3 is 0 Å². The quantitative estimate of drug-likeness (QED) is 0.912. The number of nitrogens with one attached hydrogen (secondary N) is 1. The molecule has 2 aliphatic rings. The molecule has 0 aliphatic carbocycles. The van der Waals surface area contributed by atoms with Gasteiger partial charge in [-0.05, 0) is 5.56 Å². The minimum absolute atomic E-state index is 0. The second kappa shape index (κ2) is 8.48. The van der Waals surface area contributed by atoms with Gasteiger partial charge in [0, 0.05) is 25.6 Å². The van der Waals surface area contributed by atoms with Crippen molar-refractivity contribution in [2.45, 2.75) is 18.6 Å². The molecule has 2 heterocycles. The van der Waals surface area contributed by atoms with Gasteiger partial charge in [-0.1, -0.05) is 30.3 Å². The third-order valence-corrected chi connectivity index (χ3v) is 4.01. The van der Waals surface area contributed by atoms with Crippen molar-refractivity contribution in [3.05, 3.63) is 35.9 Å². The summed E-state index contributed by atoms with van der Waals surface area (Å²) in [5, 5.41) is 3.33. The standard InChI is InChI=1S/C16H22N2O3.ClH/c19-16(10-14-12-20-8-6-17-14)18-7-9-21-15(11-18)13-4-2-1-3-5-13;/h1-5,14-15,17H,6-12H2;1H. The summed E-state index contributed by atoms with van der Waals surface area (Å²) in [6.45, 7) is 4.09. The number of carbonyl (C=O) groups excluding carboxylic acids is 1. The first-order chi connectivity index (χ1) is 10.3. The van der Waals surface area contributed by atoms with Gasteiger partial charge in [-0.15, -0.1) is 12.4 Å². The van der Waals surface area contributed by atoms with E-state index < -0.39 is 0 Å². The first kappa shape index (κ1) is 17.2. The van der Waals surface area contributed by atoms with E-state index in [0.29, 0.717) is 32.7 Å². The zero-order valence-electron chi connectivity index (χ0n) is 12.6. The Labute approximate surface area is 137 Å². The van der Waals surface area contributed by atoms with Crippen LogP contribution >= 0.6 is 12.4 Å². The number of carbonyl (C=O) groups is 1. The number of halogens is 1. The second-order valence-electron chi connectivity index (χ2n) is 5.54. The van der Waals surface area contributed by atoms with Gasteiger partial charge in [0.2, 0.25) is 5.91 Å². The highest BCUT2D eigenvalue weighted by atomic mass is 35.5. The van der Waals surface area contributed by atoms with Crippen molar-refractivity contribution >= 4 is 18.3 Å². The van der Waals surface area contributed by atoms with Crippen LogP contribution in [-0.4, -0.2) is 56.3 Å². The molecule has 1 amide bonds. The maximum absolute atomic E-state index is 12.4. The van der Waals surface area contributed by atoms with Gasteiger partial charge in [-0.2, -0.15) is 0 Å². The Morgan fingerprint density at radius 2 is 2.09 bits per heavy atom. The van der Waals surface area contributed by atoms with Crippen molar-refractivity contribution in [2.75, 3.05) is 39.5 Å². The second-order valence-corrected chi connectivity index (χ2v) is 5.54. The van der Waals surface area contributed by atoms with E-state index in [0.717, 1.165) is 18.7 Å². The smallest absolute Gasteiger partial charge is 0.224 e. The number of hydrogen-bond acceptors (Lipinski definition) is 4. The Morgan fingerprint density at radius 1 is 1.27 bits per heavy atom. The Balaban J connectivity index is 0.00000176. The molecule has 1 aromatic carbocycles. The summed E-state index contributed by atoms with van der Waals surface area (Å²) in [6.07, 6.45) is 0.487. The number of benzene rings is 1. The van der Waals surface area contributed by atoms with E-state index in [1.54, 1.807) is 0 Å². The van der Waals surface area contributed by atoms with Crippen LogP contribution in [0.4, 0.5) is 0 Å². The summed E-state index contributed by atoms with van der Waals surface area (Å²) in [6, 6.07) is 10.2. The monoisotopic (exact) mass is 326 g/mol. The van der Waals surface area contributed by atoms with E-state index in [1.807, 2.05) is 23.1 Å². The van der Waals surface area contributed by atoms with Crippen molar-refractivity contribution in [2.24, 2.45) is 0 Å². The minimum Gasteiger partial charge on any atom is -0.378 e. The van der Waals surface area contributed by atoms with Crippen LogP contribution in [0.3, 0.4) is 0 Å².